The largest absolute Gasteiger partial charge is 0.452 e. The van der Waals surface area contributed by atoms with E-state index >= 15 is 0 Å². The molecule has 5 nitrogen and oxygen atoms in total. The van der Waals surface area contributed by atoms with Crippen molar-refractivity contribution >= 4 is 51.4 Å². The van der Waals surface area contributed by atoms with Crippen LogP contribution in [0.2, 0.25) is 10.0 Å². The number of carbonyl (C=O) groups excluding carboxylic acids is 2. The first-order valence-electron chi connectivity index (χ1n) is 7.47. The van der Waals surface area contributed by atoms with Crippen molar-refractivity contribution in [1.82, 2.24) is 0 Å². The van der Waals surface area contributed by atoms with Crippen LogP contribution in [0.4, 0.5) is 5.00 Å². The average Bonchev–Trinajstić information content (AvgIpc) is 3.15. The molecule has 3 rings (SSSR count). The standard InChI is InChI=1S/C17H12Cl2N2O3S/c18-12-5-1-4-10(15(12)19)17(23)24-8-14(22)21-16-11(7-20)9-3-2-6-13(9)25-16/h1,4-5H,2-3,6,8H2,(H,21,22). The highest BCUT2D eigenvalue weighted by Crippen LogP contribution is 2.38. The Labute approximate surface area is 158 Å². The molecule has 128 valence electrons. The molecule has 25 heavy (non-hydrogen) atoms. The van der Waals surface area contributed by atoms with E-state index in [2.05, 4.69) is 11.4 Å². The molecule has 8 heteroatoms. The fraction of sp³-hybridized carbons (Fsp3) is 0.235. The minimum absolute atomic E-state index is 0.0797. The van der Waals surface area contributed by atoms with E-state index in [-0.39, 0.29) is 15.6 Å². The van der Waals surface area contributed by atoms with Crippen LogP contribution in [0.25, 0.3) is 0 Å². The smallest absolute Gasteiger partial charge is 0.340 e. The second-order valence-corrected chi connectivity index (χ2v) is 7.29. The Hall–Kier alpha value is -2.07. The first-order chi connectivity index (χ1) is 12.0. The lowest BCUT2D eigenvalue weighted by atomic mass is 10.1. The summed E-state index contributed by atoms with van der Waals surface area (Å²) in [4.78, 5) is 25.2. The highest BCUT2D eigenvalue weighted by atomic mass is 35.5. The predicted molar refractivity (Wildman–Crippen MR) is 96.4 cm³/mol. The molecule has 1 aromatic carbocycles. The first-order valence-corrected chi connectivity index (χ1v) is 9.04. The number of thiophene rings is 1. The monoisotopic (exact) mass is 394 g/mol. The quantitative estimate of drug-likeness (QED) is 0.787. The molecule has 1 heterocycles. The molecular weight excluding hydrogens is 383 g/mol. The topological polar surface area (TPSA) is 79.2 Å². The predicted octanol–water partition coefficient (Wildman–Crippen LogP) is 4.21. The van der Waals surface area contributed by atoms with Crippen LogP contribution >= 0.6 is 34.5 Å². The van der Waals surface area contributed by atoms with Crippen molar-refractivity contribution in [3.8, 4) is 6.07 Å². The van der Waals surface area contributed by atoms with Gasteiger partial charge in [-0.1, -0.05) is 29.3 Å². The Kier molecular flexibility index (Phi) is 5.28. The number of hydrogen-bond acceptors (Lipinski definition) is 5. The van der Waals surface area contributed by atoms with Gasteiger partial charge in [-0.05, 0) is 37.0 Å². The number of ether oxygens (including phenoxy) is 1. The van der Waals surface area contributed by atoms with Gasteiger partial charge < -0.3 is 10.1 Å². The Balaban J connectivity index is 1.63. The molecule has 1 amide bonds. The van der Waals surface area contributed by atoms with E-state index in [9.17, 15) is 14.9 Å². The summed E-state index contributed by atoms with van der Waals surface area (Å²) in [6.07, 6.45) is 2.81. The number of fused-ring (bicyclic) bond motifs is 1. The van der Waals surface area contributed by atoms with Crippen LogP contribution < -0.4 is 5.32 Å². The van der Waals surface area contributed by atoms with Crippen molar-refractivity contribution in [2.45, 2.75) is 19.3 Å². The normalized spacial score (nSPS) is 12.4. The van der Waals surface area contributed by atoms with E-state index in [0.29, 0.717) is 10.6 Å². The molecule has 0 bridgehead atoms. The number of hydrogen-bond donors (Lipinski definition) is 1. The SMILES string of the molecule is N#Cc1c(NC(=O)COC(=O)c2cccc(Cl)c2Cl)sc2c1CCC2. The van der Waals surface area contributed by atoms with Crippen LogP contribution in [0.3, 0.4) is 0 Å². The summed E-state index contributed by atoms with van der Waals surface area (Å²) in [5.41, 5.74) is 1.62. The second kappa shape index (κ2) is 7.44. The van der Waals surface area contributed by atoms with Crippen LogP contribution in [-0.4, -0.2) is 18.5 Å². The second-order valence-electron chi connectivity index (χ2n) is 5.40. The van der Waals surface area contributed by atoms with E-state index < -0.39 is 18.5 Å². The lowest BCUT2D eigenvalue weighted by molar-refractivity contribution is -0.119. The van der Waals surface area contributed by atoms with Gasteiger partial charge >= 0.3 is 5.97 Å². The molecule has 2 aromatic rings. The number of nitriles is 1. The van der Waals surface area contributed by atoms with Gasteiger partial charge in [0.15, 0.2) is 6.61 Å². The van der Waals surface area contributed by atoms with E-state index in [1.54, 1.807) is 12.1 Å². The number of amides is 1. The molecule has 0 radical (unpaired) electrons. The van der Waals surface area contributed by atoms with Gasteiger partial charge in [0.2, 0.25) is 0 Å². The van der Waals surface area contributed by atoms with Gasteiger partial charge in [-0.15, -0.1) is 11.3 Å². The van der Waals surface area contributed by atoms with Crippen molar-refractivity contribution in [1.29, 1.82) is 5.26 Å². The van der Waals surface area contributed by atoms with Gasteiger partial charge in [0.05, 0.1) is 21.2 Å². The molecule has 0 aliphatic heterocycles. The van der Waals surface area contributed by atoms with Crippen LogP contribution in [0, 0.1) is 11.3 Å². The molecule has 1 N–H and O–H groups in total. The molecule has 0 spiro atoms. The zero-order valence-corrected chi connectivity index (χ0v) is 15.2. The summed E-state index contributed by atoms with van der Waals surface area (Å²) in [5, 5.41) is 12.8. The van der Waals surface area contributed by atoms with Gasteiger partial charge in [-0.2, -0.15) is 5.26 Å². The number of benzene rings is 1. The van der Waals surface area contributed by atoms with E-state index in [1.807, 2.05) is 0 Å². The highest BCUT2D eigenvalue weighted by molar-refractivity contribution is 7.16. The number of esters is 1. The number of anilines is 1. The highest BCUT2D eigenvalue weighted by Gasteiger charge is 2.23. The van der Waals surface area contributed by atoms with Crippen molar-refractivity contribution in [3.05, 3.63) is 49.8 Å². The van der Waals surface area contributed by atoms with Gasteiger partial charge in [0.25, 0.3) is 5.91 Å². The number of rotatable bonds is 4. The van der Waals surface area contributed by atoms with Gasteiger partial charge in [-0.25, -0.2) is 4.79 Å². The minimum Gasteiger partial charge on any atom is -0.452 e. The minimum atomic E-state index is -0.739. The van der Waals surface area contributed by atoms with Gasteiger partial charge in [0.1, 0.15) is 11.1 Å². The molecule has 1 aromatic heterocycles. The zero-order valence-electron chi connectivity index (χ0n) is 12.9. The van der Waals surface area contributed by atoms with Gasteiger partial charge in [0, 0.05) is 4.88 Å². The molecule has 0 saturated heterocycles. The first kappa shape index (κ1) is 17.7. The van der Waals surface area contributed by atoms with Crippen LogP contribution in [-0.2, 0) is 22.4 Å². The number of aryl methyl sites for hydroxylation is 1. The maximum atomic E-state index is 12.0. The van der Waals surface area contributed by atoms with Crippen molar-refractivity contribution in [2.75, 3.05) is 11.9 Å². The molecule has 0 saturated carbocycles. The summed E-state index contributed by atoms with van der Waals surface area (Å²) < 4.78 is 4.98. The summed E-state index contributed by atoms with van der Waals surface area (Å²) in [6.45, 7) is -0.477. The van der Waals surface area contributed by atoms with Crippen molar-refractivity contribution < 1.29 is 14.3 Å². The third-order valence-electron chi connectivity index (χ3n) is 3.79. The average molecular weight is 395 g/mol. The maximum absolute atomic E-state index is 12.0. The fourth-order valence-electron chi connectivity index (χ4n) is 2.64. The number of nitrogens with zero attached hydrogens (tertiary/aromatic N) is 1. The molecule has 0 fully saturated rings. The summed E-state index contributed by atoms with van der Waals surface area (Å²) in [7, 11) is 0. The van der Waals surface area contributed by atoms with Crippen LogP contribution in [0.5, 0.6) is 0 Å². The molecule has 1 aliphatic carbocycles. The third-order valence-corrected chi connectivity index (χ3v) is 5.82. The molecule has 0 unspecified atom stereocenters. The lowest BCUT2D eigenvalue weighted by Gasteiger charge is -2.07. The van der Waals surface area contributed by atoms with Crippen LogP contribution in [0.1, 0.15) is 32.8 Å². The van der Waals surface area contributed by atoms with Crippen LogP contribution in [0.15, 0.2) is 18.2 Å². The summed E-state index contributed by atoms with van der Waals surface area (Å²) in [5.74, 6) is -1.25. The summed E-state index contributed by atoms with van der Waals surface area (Å²) in [6, 6.07) is 6.72. The lowest BCUT2D eigenvalue weighted by Crippen LogP contribution is -2.21. The number of carbonyl (C=O) groups is 2. The van der Waals surface area contributed by atoms with E-state index in [1.165, 1.54) is 17.4 Å². The zero-order chi connectivity index (χ0) is 18.0. The molecular formula is C17H12Cl2N2O3S. The Morgan fingerprint density at radius 1 is 1.32 bits per heavy atom. The van der Waals surface area contributed by atoms with Crippen molar-refractivity contribution in [3.63, 3.8) is 0 Å². The molecule has 0 atom stereocenters. The number of nitrogens with one attached hydrogen (secondary N) is 1. The van der Waals surface area contributed by atoms with Crippen molar-refractivity contribution in [2.24, 2.45) is 0 Å². The molecule has 1 aliphatic rings. The van der Waals surface area contributed by atoms with E-state index in [0.717, 1.165) is 29.7 Å². The Bertz CT molecular complexity index is 902. The Morgan fingerprint density at radius 2 is 2.12 bits per heavy atom. The summed E-state index contributed by atoms with van der Waals surface area (Å²) >= 11 is 13.2. The third kappa shape index (κ3) is 3.64. The number of halogens is 2. The maximum Gasteiger partial charge on any atom is 0.340 e. The Morgan fingerprint density at radius 3 is 2.88 bits per heavy atom. The van der Waals surface area contributed by atoms with E-state index in [4.69, 9.17) is 27.9 Å². The van der Waals surface area contributed by atoms with Gasteiger partial charge in [-0.3, -0.25) is 4.79 Å². The fourth-order valence-corrected chi connectivity index (χ4v) is 4.28.